The average molecular weight is 252 g/mol. The van der Waals surface area contributed by atoms with Crippen LogP contribution in [-0.4, -0.2) is 56.3 Å². The number of nitrogens with zero attached hydrogens (tertiary/aromatic N) is 2. The van der Waals surface area contributed by atoms with Gasteiger partial charge in [0, 0.05) is 19.2 Å². The van der Waals surface area contributed by atoms with Gasteiger partial charge in [-0.2, -0.15) is 4.98 Å². The molecule has 0 aliphatic carbocycles. The molecule has 1 aromatic heterocycles. The fourth-order valence-corrected chi connectivity index (χ4v) is 1.79. The minimum absolute atomic E-state index is 0.0923. The number of morpholine rings is 1. The van der Waals surface area contributed by atoms with Crippen molar-refractivity contribution in [2.45, 2.75) is 0 Å². The number of rotatable bonds is 3. The van der Waals surface area contributed by atoms with E-state index in [4.69, 9.17) is 14.2 Å². The number of amides is 1. The molecule has 6 nitrogen and oxygen atoms in total. The van der Waals surface area contributed by atoms with E-state index < -0.39 is 0 Å². The summed E-state index contributed by atoms with van der Waals surface area (Å²) in [5, 5.41) is 0. The summed E-state index contributed by atoms with van der Waals surface area (Å²) >= 11 is 0. The topological polar surface area (TPSA) is 60.9 Å². The molecule has 0 radical (unpaired) electrons. The molecule has 0 unspecified atom stereocenters. The van der Waals surface area contributed by atoms with Crippen LogP contribution in [0.25, 0.3) is 0 Å². The van der Waals surface area contributed by atoms with Crippen LogP contribution in [0.1, 0.15) is 10.4 Å². The predicted octanol–water partition coefficient (Wildman–Crippen LogP) is 0.571. The molecular weight excluding hydrogens is 236 g/mol. The first kappa shape index (κ1) is 12.6. The quantitative estimate of drug-likeness (QED) is 0.787. The van der Waals surface area contributed by atoms with Crippen molar-refractivity contribution in [3.8, 4) is 11.8 Å². The van der Waals surface area contributed by atoms with Gasteiger partial charge in [0.15, 0.2) is 0 Å². The van der Waals surface area contributed by atoms with Gasteiger partial charge in [0.2, 0.25) is 11.8 Å². The van der Waals surface area contributed by atoms with Gasteiger partial charge in [-0.05, 0) is 6.07 Å². The lowest BCUT2D eigenvalue weighted by molar-refractivity contribution is 0.0300. The van der Waals surface area contributed by atoms with Gasteiger partial charge in [-0.1, -0.05) is 0 Å². The van der Waals surface area contributed by atoms with E-state index >= 15 is 0 Å². The Morgan fingerprint density at radius 2 is 2.00 bits per heavy atom. The molecule has 18 heavy (non-hydrogen) atoms. The Kier molecular flexibility index (Phi) is 3.99. The summed E-state index contributed by atoms with van der Waals surface area (Å²) in [6.07, 6.45) is 0. The Morgan fingerprint density at radius 1 is 1.28 bits per heavy atom. The summed E-state index contributed by atoms with van der Waals surface area (Å²) in [4.78, 5) is 18.1. The van der Waals surface area contributed by atoms with E-state index in [0.717, 1.165) is 0 Å². The van der Waals surface area contributed by atoms with Crippen molar-refractivity contribution in [3.63, 3.8) is 0 Å². The summed E-state index contributed by atoms with van der Waals surface area (Å²) < 4.78 is 15.3. The zero-order valence-corrected chi connectivity index (χ0v) is 10.5. The van der Waals surface area contributed by atoms with Crippen molar-refractivity contribution < 1.29 is 19.0 Å². The van der Waals surface area contributed by atoms with Crippen molar-refractivity contribution in [3.05, 3.63) is 17.7 Å². The molecule has 0 N–H and O–H groups in total. The molecule has 1 aromatic rings. The molecule has 6 heteroatoms. The Bertz CT molecular complexity index is 430. The molecule has 1 amide bonds. The summed E-state index contributed by atoms with van der Waals surface area (Å²) in [5.74, 6) is 0.613. The number of hydrogen-bond donors (Lipinski definition) is 0. The van der Waals surface area contributed by atoms with E-state index in [9.17, 15) is 4.79 Å². The number of hydrogen-bond acceptors (Lipinski definition) is 5. The number of carbonyl (C=O) groups is 1. The number of aromatic nitrogens is 1. The highest BCUT2D eigenvalue weighted by atomic mass is 16.5. The van der Waals surface area contributed by atoms with Gasteiger partial charge in [0.05, 0.1) is 27.4 Å². The Balaban J connectivity index is 2.23. The molecule has 1 aliphatic rings. The van der Waals surface area contributed by atoms with Crippen LogP contribution in [0, 0.1) is 0 Å². The molecule has 1 aliphatic heterocycles. The fourth-order valence-electron chi connectivity index (χ4n) is 1.79. The minimum atomic E-state index is -0.0923. The van der Waals surface area contributed by atoms with Crippen molar-refractivity contribution in [2.75, 3.05) is 40.5 Å². The van der Waals surface area contributed by atoms with Crippen molar-refractivity contribution >= 4 is 5.91 Å². The summed E-state index contributed by atoms with van der Waals surface area (Å²) in [5.41, 5.74) is 0.445. The smallest absolute Gasteiger partial charge is 0.259 e. The molecule has 1 saturated heterocycles. The first-order valence-electron chi connectivity index (χ1n) is 5.72. The molecule has 0 bridgehead atoms. The first-order valence-corrected chi connectivity index (χ1v) is 5.72. The first-order chi connectivity index (χ1) is 8.76. The van der Waals surface area contributed by atoms with E-state index in [1.54, 1.807) is 17.0 Å². The molecule has 1 fully saturated rings. The number of pyridine rings is 1. The highest BCUT2D eigenvalue weighted by Gasteiger charge is 2.22. The van der Waals surface area contributed by atoms with E-state index in [1.807, 2.05) is 0 Å². The third kappa shape index (κ3) is 2.53. The van der Waals surface area contributed by atoms with Crippen molar-refractivity contribution in [1.82, 2.24) is 9.88 Å². The Hall–Kier alpha value is -1.82. The highest BCUT2D eigenvalue weighted by molar-refractivity contribution is 5.96. The zero-order valence-electron chi connectivity index (χ0n) is 10.5. The molecule has 98 valence electrons. The lowest BCUT2D eigenvalue weighted by Crippen LogP contribution is -2.40. The number of methoxy groups -OCH3 is 2. The zero-order chi connectivity index (χ0) is 13.0. The minimum Gasteiger partial charge on any atom is -0.481 e. The van der Waals surface area contributed by atoms with Gasteiger partial charge in [0.1, 0.15) is 5.56 Å². The third-order valence-corrected chi connectivity index (χ3v) is 2.77. The second-order valence-corrected chi connectivity index (χ2v) is 3.82. The summed E-state index contributed by atoms with van der Waals surface area (Å²) in [7, 11) is 3.00. The van der Waals surface area contributed by atoms with Gasteiger partial charge in [-0.3, -0.25) is 4.79 Å². The molecule has 0 aromatic carbocycles. The highest BCUT2D eigenvalue weighted by Crippen LogP contribution is 2.21. The van der Waals surface area contributed by atoms with Gasteiger partial charge in [0.25, 0.3) is 5.91 Å². The average Bonchev–Trinajstić information content (AvgIpc) is 2.46. The van der Waals surface area contributed by atoms with Gasteiger partial charge in [-0.15, -0.1) is 0 Å². The maximum Gasteiger partial charge on any atom is 0.259 e. The normalized spacial score (nSPS) is 15.3. The summed E-state index contributed by atoms with van der Waals surface area (Å²) in [6.45, 7) is 2.32. The second-order valence-electron chi connectivity index (χ2n) is 3.82. The number of ether oxygens (including phenoxy) is 3. The van der Waals surface area contributed by atoms with Crippen LogP contribution in [0.4, 0.5) is 0 Å². The second kappa shape index (κ2) is 5.68. The Labute approximate surface area is 105 Å². The van der Waals surface area contributed by atoms with Crippen LogP contribution < -0.4 is 9.47 Å². The van der Waals surface area contributed by atoms with E-state index in [2.05, 4.69) is 4.98 Å². The Morgan fingerprint density at radius 3 is 2.61 bits per heavy atom. The van der Waals surface area contributed by atoms with Crippen LogP contribution >= 0.6 is 0 Å². The van der Waals surface area contributed by atoms with E-state index in [1.165, 1.54) is 14.2 Å². The maximum absolute atomic E-state index is 12.3. The van der Waals surface area contributed by atoms with Gasteiger partial charge in [-0.25, -0.2) is 0 Å². The lowest BCUT2D eigenvalue weighted by atomic mass is 10.2. The monoisotopic (exact) mass is 252 g/mol. The van der Waals surface area contributed by atoms with Gasteiger partial charge < -0.3 is 19.1 Å². The van der Waals surface area contributed by atoms with Crippen LogP contribution in [0.3, 0.4) is 0 Å². The fraction of sp³-hybridized carbons (Fsp3) is 0.500. The largest absolute Gasteiger partial charge is 0.481 e. The van der Waals surface area contributed by atoms with Crippen molar-refractivity contribution in [1.29, 1.82) is 0 Å². The maximum atomic E-state index is 12.3. The predicted molar refractivity (Wildman–Crippen MR) is 64.1 cm³/mol. The van der Waals surface area contributed by atoms with Crippen LogP contribution in [0.5, 0.6) is 11.8 Å². The molecular formula is C12H16N2O4. The molecule has 2 heterocycles. The van der Waals surface area contributed by atoms with E-state index in [0.29, 0.717) is 37.7 Å². The molecule has 0 saturated carbocycles. The molecule has 0 atom stereocenters. The van der Waals surface area contributed by atoms with Crippen LogP contribution in [0.2, 0.25) is 0 Å². The third-order valence-electron chi connectivity index (χ3n) is 2.77. The summed E-state index contributed by atoms with van der Waals surface area (Å²) in [6, 6.07) is 3.32. The van der Waals surface area contributed by atoms with Crippen LogP contribution in [0.15, 0.2) is 12.1 Å². The van der Waals surface area contributed by atoms with Crippen molar-refractivity contribution in [2.24, 2.45) is 0 Å². The molecule has 2 rings (SSSR count). The van der Waals surface area contributed by atoms with Crippen LogP contribution in [-0.2, 0) is 4.74 Å². The SMILES string of the molecule is COc1ccc(C(=O)N2CCOCC2)c(OC)n1. The standard InChI is InChI=1S/C12H16N2O4/c1-16-10-4-3-9(11(13-10)17-2)12(15)14-5-7-18-8-6-14/h3-4H,5-8H2,1-2H3. The number of carbonyl (C=O) groups excluding carboxylic acids is 1. The lowest BCUT2D eigenvalue weighted by Gasteiger charge is -2.27. The van der Waals surface area contributed by atoms with E-state index in [-0.39, 0.29) is 11.8 Å². The van der Waals surface area contributed by atoms with Gasteiger partial charge >= 0.3 is 0 Å². The molecule has 0 spiro atoms.